The molecule has 1 amide bonds. The number of carbonyl (C=O) groups is 1. The van der Waals surface area contributed by atoms with Gasteiger partial charge in [0.25, 0.3) is 5.95 Å². The van der Waals surface area contributed by atoms with E-state index >= 15 is 0 Å². The normalized spacial score (nSPS) is 13.7. The standard InChI is InChI=1S/C8H16N6O/c1-8(2,3)5(9)6(15)10-7-11-13-14(4)12-7/h5H,9H2,1-4H3,(H,10,12,15)/t5-/m1/s1. The number of nitrogens with two attached hydrogens (primary N) is 1. The largest absolute Gasteiger partial charge is 0.319 e. The predicted octanol–water partition coefficient (Wildman–Crippen LogP) is -0.478. The monoisotopic (exact) mass is 212 g/mol. The van der Waals surface area contributed by atoms with Gasteiger partial charge in [-0.25, -0.2) is 0 Å². The summed E-state index contributed by atoms with van der Waals surface area (Å²) in [5.41, 5.74) is 5.45. The number of nitrogens with zero attached hydrogens (tertiary/aromatic N) is 4. The van der Waals surface area contributed by atoms with Gasteiger partial charge in [-0.1, -0.05) is 25.9 Å². The van der Waals surface area contributed by atoms with Crippen molar-refractivity contribution < 1.29 is 4.79 Å². The number of carbonyl (C=O) groups excluding carboxylic acids is 1. The smallest absolute Gasteiger partial charge is 0.270 e. The third-order valence-corrected chi connectivity index (χ3v) is 1.96. The first kappa shape index (κ1) is 11.6. The highest BCUT2D eigenvalue weighted by Gasteiger charge is 2.28. The second-order valence-electron chi connectivity index (χ2n) is 4.44. The molecule has 15 heavy (non-hydrogen) atoms. The first-order chi connectivity index (χ1) is 6.80. The lowest BCUT2D eigenvalue weighted by Gasteiger charge is -2.24. The van der Waals surface area contributed by atoms with Gasteiger partial charge in [0, 0.05) is 0 Å². The molecule has 1 atom stereocenters. The van der Waals surface area contributed by atoms with Gasteiger partial charge < -0.3 is 5.73 Å². The van der Waals surface area contributed by atoms with Gasteiger partial charge in [0.15, 0.2) is 0 Å². The first-order valence-electron chi connectivity index (χ1n) is 4.61. The summed E-state index contributed by atoms with van der Waals surface area (Å²) in [5.74, 6) is -0.141. The molecule has 0 aliphatic carbocycles. The highest BCUT2D eigenvalue weighted by atomic mass is 16.2. The van der Waals surface area contributed by atoms with Crippen molar-refractivity contribution in [1.29, 1.82) is 0 Å². The molecule has 0 saturated carbocycles. The Balaban J connectivity index is 2.64. The fourth-order valence-corrected chi connectivity index (χ4v) is 0.915. The second-order valence-corrected chi connectivity index (χ2v) is 4.44. The van der Waals surface area contributed by atoms with Gasteiger partial charge in [-0.3, -0.25) is 10.1 Å². The Morgan fingerprint density at radius 2 is 2.13 bits per heavy atom. The van der Waals surface area contributed by atoms with Gasteiger partial charge in [0.2, 0.25) is 5.91 Å². The molecule has 0 bridgehead atoms. The highest BCUT2D eigenvalue weighted by molar-refractivity contribution is 5.93. The molecule has 84 valence electrons. The van der Waals surface area contributed by atoms with E-state index in [0.717, 1.165) is 0 Å². The van der Waals surface area contributed by atoms with Crippen LogP contribution in [0.2, 0.25) is 0 Å². The van der Waals surface area contributed by atoms with Crippen molar-refractivity contribution in [2.75, 3.05) is 5.32 Å². The van der Waals surface area contributed by atoms with Gasteiger partial charge in [0.1, 0.15) is 0 Å². The molecule has 0 fully saturated rings. The molecular formula is C8H16N6O. The number of tetrazole rings is 1. The maximum absolute atomic E-state index is 11.6. The summed E-state index contributed by atoms with van der Waals surface area (Å²) in [6, 6.07) is -0.610. The molecule has 0 saturated heterocycles. The number of anilines is 1. The zero-order chi connectivity index (χ0) is 11.6. The molecule has 1 rings (SSSR count). The molecule has 7 heteroatoms. The molecule has 3 N–H and O–H groups in total. The minimum atomic E-state index is -0.610. The SMILES string of the molecule is Cn1nnc(NC(=O)[C@@H](N)C(C)(C)C)n1. The van der Waals surface area contributed by atoms with Gasteiger partial charge in [-0.2, -0.15) is 4.80 Å². The topological polar surface area (TPSA) is 98.7 Å². The van der Waals surface area contributed by atoms with Crippen LogP contribution in [0, 0.1) is 5.41 Å². The summed E-state index contributed by atoms with van der Waals surface area (Å²) < 4.78 is 0. The lowest BCUT2D eigenvalue weighted by atomic mass is 9.87. The van der Waals surface area contributed by atoms with Crippen molar-refractivity contribution >= 4 is 11.9 Å². The van der Waals surface area contributed by atoms with Gasteiger partial charge in [-0.05, 0) is 10.6 Å². The van der Waals surface area contributed by atoms with Gasteiger partial charge in [0.05, 0.1) is 13.1 Å². The van der Waals surface area contributed by atoms with E-state index in [1.807, 2.05) is 20.8 Å². The molecule has 0 aromatic carbocycles. The molecule has 0 aliphatic heterocycles. The molecule has 0 aliphatic rings. The number of rotatable bonds is 2. The average Bonchev–Trinajstić information content (AvgIpc) is 2.48. The van der Waals surface area contributed by atoms with E-state index < -0.39 is 6.04 Å². The summed E-state index contributed by atoms with van der Waals surface area (Å²) in [4.78, 5) is 12.9. The highest BCUT2D eigenvalue weighted by Crippen LogP contribution is 2.17. The maximum Gasteiger partial charge on any atom is 0.270 e. The van der Waals surface area contributed by atoms with E-state index in [0.29, 0.717) is 0 Å². The van der Waals surface area contributed by atoms with Crippen LogP contribution in [0.15, 0.2) is 0 Å². The maximum atomic E-state index is 11.6. The molecule has 0 spiro atoms. The quantitative estimate of drug-likeness (QED) is 0.690. The van der Waals surface area contributed by atoms with E-state index in [9.17, 15) is 4.79 Å². The van der Waals surface area contributed by atoms with Crippen LogP contribution in [0.25, 0.3) is 0 Å². The summed E-state index contributed by atoms with van der Waals surface area (Å²) in [5, 5.41) is 13.5. The Labute approximate surface area is 88.0 Å². The molecule has 1 aromatic heterocycles. The Morgan fingerprint density at radius 3 is 2.53 bits per heavy atom. The average molecular weight is 212 g/mol. The fourth-order valence-electron chi connectivity index (χ4n) is 0.915. The van der Waals surface area contributed by atoms with E-state index in [1.54, 1.807) is 7.05 Å². The van der Waals surface area contributed by atoms with Crippen molar-refractivity contribution in [3.8, 4) is 0 Å². The number of hydrogen-bond acceptors (Lipinski definition) is 5. The van der Waals surface area contributed by atoms with Crippen LogP contribution in [-0.4, -0.2) is 32.2 Å². The van der Waals surface area contributed by atoms with Gasteiger partial charge in [-0.15, -0.1) is 5.10 Å². The Hall–Kier alpha value is -1.50. The van der Waals surface area contributed by atoms with Crippen molar-refractivity contribution in [3.63, 3.8) is 0 Å². The van der Waals surface area contributed by atoms with E-state index in [-0.39, 0.29) is 17.3 Å². The van der Waals surface area contributed by atoms with Crippen molar-refractivity contribution in [1.82, 2.24) is 20.2 Å². The lowest BCUT2D eigenvalue weighted by molar-refractivity contribution is -0.119. The molecule has 7 nitrogen and oxygen atoms in total. The number of hydrogen-bond donors (Lipinski definition) is 2. The Kier molecular flexibility index (Phi) is 3.04. The van der Waals surface area contributed by atoms with Crippen molar-refractivity contribution in [3.05, 3.63) is 0 Å². The summed E-state index contributed by atoms with van der Waals surface area (Å²) in [6.45, 7) is 5.67. The summed E-state index contributed by atoms with van der Waals surface area (Å²) in [7, 11) is 1.62. The van der Waals surface area contributed by atoms with Crippen LogP contribution in [-0.2, 0) is 11.8 Å². The van der Waals surface area contributed by atoms with Crippen LogP contribution in [0.3, 0.4) is 0 Å². The number of amides is 1. The minimum Gasteiger partial charge on any atom is -0.319 e. The van der Waals surface area contributed by atoms with Crippen molar-refractivity contribution in [2.24, 2.45) is 18.2 Å². The van der Waals surface area contributed by atoms with Crippen LogP contribution in [0.4, 0.5) is 5.95 Å². The molecular weight excluding hydrogens is 196 g/mol. The molecule has 1 heterocycles. The Morgan fingerprint density at radius 1 is 1.53 bits per heavy atom. The Bertz CT molecular complexity index is 352. The first-order valence-corrected chi connectivity index (χ1v) is 4.61. The number of nitrogens with one attached hydrogen (secondary N) is 1. The van der Waals surface area contributed by atoms with Crippen molar-refractivity contribution in [2.45, 2.75) is 26.8 Å². The summed E-state index contributed by atoms with van der Waals surface area (Å²) in [6.07, 6.45) is 0. The summed E-state index contributed by atoms with van der Waals surface area (Å²) >= 11 is 0. The number of aryl methyl sites for hydroxylation is 1. The van der Waals surface area contributed by atoms with Crippen LogP contribution in [0.5, 0.6) is 0 Å². The van der Waals surface area contributed by atoms with E-state index in [2.05, 4.69) is 20.7 Å². The fraction of sp³-hybridized carbons (Fsp3) is 0.750. The predicted molar refractivity (Wildman–Crippen MR) is 54.9 cm³/mol. The molecule has 1 aromatic rings. The van der Waals surface area contributed by atoms with Crippen LogP contribution < -0.4 is 11.1 Å². The number of aromatic nitrogens is 4. The van der Waals surface area contributed by atoms with Gasteiger partial charge >= 0.3 is 0 Å². The third kappa shape index (κ3) is 2.98. The second kappa shape index (κ2) is 3.93. The van der Waals surface area contributed by atoms with Crippen LogP contribution in [0.1, 0.15) is 20.8 Å². The zero-order valence-corrected chi connectivity index (χ0v) is 9.35. The molecule has 0 unspecified atom stereocenters. The van der Waals surface area contributed by atoms with E-state index in [4.69, 9.17) is 5.73 Å². The third-order valence-electron chi connectivity index (χ3n) is 1.96. The van der Waals surface area contributed by atoms with E-state index in [1.165, 1.54) is 4.80 Å². The van der Waals surface area contributed by atoms with Crippen LogP contribution >= 0.6 is 0 Å². The lowest BCUT2D eigenvalue weighted by Crippen LogP contribution is -2.45. The molecule has 0 radical (unpaired) electrons. The zero-order valence-electron chi connectivity index (χ0n) is 9.35. The minimum absolute atomic E-state index is 0.169.